The van der Waals surface area contributed by atoms with E-state index in [0.717, 1.165) is 10.6 Å². The third-order valence-electron chi connectivity index (χ3n) is 2.46. The number of carbonyl (C=O) groups is 1. The average Bonchev–Trinajstić information content (AvgIpc) is 2.35. The van der Waals surface area contributed by atoms with Gasteiger partial charge in [0.15, 0.2) is 6.23 Å². The van der Waals surface area contributed by atoms with Crippen LogP contribution < -0.4 is 5.84 Å². The van der Waals surface area contributed by atoms with Gasteiger partial charge in [-0.1, -0.05) is 30.3 Å². The first-order valence-electron chi connectivity index (χ1n) is 6.04. The van der Waals surface area contributed by atoms with Crippen LogP contribution >= 0.6 is 0 Å². The predicted molar refractivity (Wildman–Crippen MR) is 71.9 cm³/mol. The first kappa shape index (κ1) is 15.4. The van der Waals surface area contributed by atoms with E-state index in [1.54, 1.807) is 25.9 Å². The molecule has 106 valence electrons. The Morgan fingerprint density at radius 2 is 1.95 bits per heavy atom. The van der Waals surface area contributed by atoms with Crippen molar-refractivity contribution in [3.63, 3.8) is 0 Å². The number of hydrazine groups is 1. The largest absolute Gasteiger partial charge is 0.425 e. The fourth-order valence-corrected chi connectivity index (χ4v) is 1.61. The number of nitrogens with two attached hydrogens (primary N) is 1. The van der Waals surface area contributed by atoms with Gasteiger partial charge in [0.25, 0.3) is 0 Å². The minimum atomic E-state index is -0.702. The molecule has 0 saturated carbocycles. The standard InChI is InChI=1S/C13H21N3O3/c1-10(17)9-16(14)13(18)19-12(15(2)3)11-7-5-4-6-8-11/h4-8,10,12,17H,9,14H2,1-3H3. The zero-order chi connectivity index (χ0) is 14.4. The molecule has 1 aromatic carbocycles. The van der Waals surface area contributed by atoms with E-state index in [-0.39, 0.29) is 6.54 Å². The van der Waals surface area contributed by atoms with Gasteiger partial charge in [-0.3, -0.25) is 4.90 Å². The molecule has 0 aliphatic carbocycles. The number of benzene rings is 1. The SMILES string of the molecule is CC(O)CN(N)C(=O)OC(c1ccccc1)N(C)C. The summed E-state index contributed by atoms with van der Waals surface area (Å²) in [7, 11) is 3.61. The van der Waals surface area contributed by atoms with Gasteiger partial charge >= 0.3 is 6.09 Å². The quantitative estimate of drug-likeness (QED) is 0.359. The van der Waals surface area contributed by atoms with Crippen LogP contribution in [0.3, 0.4) is 0 Å². The number of carbonyl (C=O) groups excluding carboxylic acids is 1. The first-order valence-corrected chi connectivity index (χ1v) is 6.04. The minimum Gasteiger partial charge on any atom is -0.425 e. The van der Waals surface area contributed by atoms with Crippen molar-refractivity contribution >= 4 is 6.09 Å². The maximum absolute atomic E-state index is 11.8. The predicted octanol–water partition coefficient (Wildman–Crippen LogP) is 0.940. The molecular formula is C13H21N3O3. The van der Waals surface area contributed by atoms with Crippen molar-refractivity contribution in [2.45, 2.75) is 19.3 Å². The third-order valence-corrected chi connectivity index (χ3v) is 2.46. The number of nitrogens with zero attached hydrogens (tertiary/aromatic N) is 2. The summed E-state index contributed by atoms with van der Waals surface area (Å²) >= 11 is 0. The van der Waals surface area contributed by atoms with Crippen LogP contribution in [0.15, 0.2) is 30.3 Å². The molecular weight excluding hydrogens is 246 g/mol. The van der Waals surface area contributed by atoms with Crippen LogP contribution in [0.2, 0.25) is 0 Å². The van der Waals surface area contributed by atoms with Gasteiger partial charge < -0.3 is 9.84 Å². The number of hydrogen-bond acceptors (Lipinski definition) is 5. The summed E-state index contributed by atoms with van der Waals surface area (Å²) in [5, 5.41) is 10.1. The van der Waals surface area contributed by atoms with Crippen LogP contribution in [-0.4, -0.2) is 47.9 Å². The van der Waals surface area contributed by atoms with Crippen LogP contribution in [0, 0.1) is 0 Å². The van der Waals surface area contributed by atoms with Gasteiger partial charge in [-0.25, -0.2) is 15.6 Å². The van der Waals surface area contributed by atoms with Gasteiger partial charge in [0.2, 0.25) is 0 Å². The van der Waals surface area contributed by atoms with Crippen LogP contribution in [0.5, 0.6) is 0 Å². The molecule has 0 bridgehead atoms. The molecule has 3 N–H and O–H groups in total. The Labute approximate surface area is 113 Å². The molecule has 0 spiro atoms. The van der Waals surface area contributed by atoms with Crippen molar-refractivity contribution in [2.75, 3.05) is 20.6 Å². The molecule has 0 aromatic heterocycles. The number of hydrogen-bond donors (Lipinski definition) is 2. The molecule has 0 aliphatic heterocycles. The van der Waals surface area contributed by atoms with E-state index in [2.05, 4.69) is 0 Å². The fourth-order valence-electron chi connectivity index (χ4n) is 1.61. The van der Waals surface area contributed by atoms with Crippen molar-refractivity contribution < 1.29 is 14.6 Å². The van der Waals surface area contributed by atoms with Gasteiger partial charge in [-0.2, -0.15) is 0 Å². The Morgan fingerprint density at radius 1 is 1.37 bits per heavy atom. The number of ether oxygens (including phenoxy) is 1. The molecule has 6 heteroatoms. The number of aliphatic hydroxyl groups is 1. The van der Waals surface area contributed by atoms with Crippen LogP contribution in [0.25, 0.3) is 0 Å². The highest BCUT2D eigenvalue weighted by molar-refractivity contribution is 5.67. The molecule has 2 atom stereocenters. The Bertz CT molecular complexity index is 395. The highest BCUT2D eigenvalue weighted by Gasteiger charge is 2.22. The first-order chi connectivity index (χ1) is 8.91. The molecule has 0 fully saturated rings. The molecule has 6 nitrogen and oxygen atoms in total. The van der Waals surface area contributed by atoms with Gasteiger partial charge in [0, 0.05) is 5.56 Å². The van der Waals surface area contributed by atoms with E-state index < -0.39 is 18.4 Å². The van der Waals surface area contributed by atoms with Gasteiger partial charge in [0.1, 0.15) is 0 Å². The topological polar surface area (TPSA) is 79.0 Å². The van der Waals surface area contributed by atoms with E-state index in [1.165, 1.54) is 0 Å². The Balaban J connectivity index is 2.72. The zero-order valence-electron chi connectivity index (χ0n) is 11.5. The van der Waals surface area contributed by atoms with Crippen LogP contribution in [0.1, 0.15) is 18.7 Å². The lowest BCUT2D eigenvalue weighted by Crippen LogP contribution is -2.43. The smallest absolute Gasteiger partial charge is 0.425 e. The molecule has 1 rings (SSSR count). The third kappa shape index (κ3) is 4.86. The molecule has 2 unspecified atom stereocenters. The minimum absolute atomic E-state index is 0.0216. The lowest BCUT2D eigenvalue weighted by Gasteiger charge is -2.27. The van der Waals surface area contributed by atoms with Crippen molar-refractivity contribution in [1.82, 2.24) is 9.91 Å². The molecule has 0 saturated heterocycles. The number of amides is 1. The Kier molecular flexibility index (Phi) is 5.75. The maximum atomic E-state index is 11.8. The normalized spacial score (nSPS) is 14.0. The molecule has 0 radical (unpaired) electrons. The Hall–Kier alpha value is -1.63. The number of rotatable bonds is 5. The van der Waals surface area contributed by atoms with Crippen molar-refractivity contribution in [2.24, 2.45) is 5.84 Å². The highest BCUT2D eigenvalue weighted by atomic mass is 16.6. The average molecular weight is 267 g/mol. The summed E-state index contributed by atoms with van der Waals surface area (Å²) in [6.07, 6.45) is -1.90. The lowest BCUT2D eigenvalue weighted by molar-refractivity contribution is -0.0124. The van der Waals surface area contributed by atoms with Crippen LogP contribution in [-0.2, 0) is 4.74 Å². The monoisotopic (exact) mass is 267 g/mol. The highest BCUT2D eigenvalue weighted by Crippen LogP contribution is 2.19. The second-order valence-electron chi connectivity index (χ2n) is 4.61. The summed E-state index contributed by atoms with van der Waals surface area (Å²) in [5.74, 6) is 5.52. The van der Waals surface area contributed by atoms with Crippen molar-refractivity contribution in [3.05, 3.63) is 35.9 Å². The van der Waals surface area contributed by atoms with E-state index in [1.807, 2.05) is 30.3 Å². The lowest BCUT2D eigenvalue weighted by atomic mass is 10.2. The molecule has 1 aromatic rings. The maximum Gasteiger partial charge on any atom is 0.425 e. The van der Waals surface area contributed by atoms with E-state index in [4.69, 9.17) is 10.6 Å². The van der Waals surface area contributed by atoms with E-state index >= 15 is 0 Å². The summed E-state index contributed by atoms with van der Waals surface area (Å²) in [4.78, 5) is 13.6. The molecule has 1 amide bonds. The van der Waals surface area contributed by atoms with Crippen LogP contribution in [0.4, 0.5) is 4.79 Å². The molecule has 0 heterocycles. The fraction of sp³-hybridized carbons (Fsp3) is 0.462. The van der Waals surface area contributed by atoms with E-state index in [0.29, 0.717) is 0 Å². The molecule has 0 aliphatic rings. The number of aliphatic hydroxyl groups excluding tert-OH is 1. The summed E-state index contributed by atoms with van der Waals surface area (Å²) < 4.78 is 5.34. The van der Waals surface area contributed by atoms with Gasteiger partial charge in [0.05, 0.1) is 12.6 Å². The van der Waals surface area contributed by atoms with Crippen molar-refractivity contribution in [3.8, 4) is 0 Å². The zero-order valence-corrected chi connectivity index (χ0v) is 11.5. The second-order valence-corrected chi connectivity index (χ2v) is 4.61. The second kappa shape index (κ2) is 7.08. The van der Waals surface area contributed by atoms with Gasteiger partial charge in [-0.15, -0.1) is 0 Å². The Morgan fingerprint density at radius 3 is 2.42 bits per heavy atom. The summed E-state index contributed by atoms with van der Waals surface area (Å²) in [6.45, 7) is 1.57. The summed E-state index contributed by atoms with van der Waals surface area (Å²) in [5.41, 5.74) is 0.853. The summed E-state index contributed by atoms with van der Waals surface area (Å²) in [6, 6.07) is 9.37. The van der Waals surface area contributed by atoms with Gasteiger partial charge in [-0.05, 0) is 21.0 Å². The van der Waals surface area contributed by atoms with Crippen molar-refractivity contribution in [1.29, 1.82) is 0 Å². The molecule has 19 heavy (non-hydrogen) atoms. The van der Waals surface area contributed by atoms with E-state index in [9.17, 15) is 9.90 Å².